The topological polar surface area (TPSA) is 49.6 Å². The first-order chi connectivity index (χ1) is 8.90. The number of piperazine rings is 1. The van der Waals surface area contributed by atoms with E-state index in [2.05, 4.69) is 41.7 Å². The van der Waals surface area contributed by atoms with Crippen LogP contribution >= 0.6 is 15.9 Å². The van der Waals surface area contributed by atoms with Gasteiger partial charge >= 0.3 is 0 Å². The molecule has 1 amide bonds. The maximum absolute atomic E-state index is 12.6. The Labute approximate surface area is 122 Å². The number of benzene rings is 1. The molecule has 0 aliphatic carbocycles. The first-order valence-electron chi connectivity index (χ1n) is 6.46. The van der Waals surface area contributed by atoms with Crippen molar-refractivity contribution >= 4 is 27.5 Å². The van der Waals surface area contributed by atoms with Crippen molar-refractivity contribution in [2.75, 3.05) is 25.9 Å². The molecule has 0 radical (unpaired) electrons. The predicted molar refractivity (Wildman–Crippen MR) is 81.1 cm³/mol. The van der Waals surface area contributed by atoms with Gasteiger partial charge in [0.2, 0.25) is 0 Å². The van der Waals surface area contributed by atoms with Crippen LogP contribution in [0.5, 0.6) is 0 Å². The second-order valence-corrected chi connectivity index (χ2v) is 6.17. The van der Waals surface area contributed by atoms with Crippen molar-refractivity contribution < 1.29 is 4.79 Å². The van der Waals surface area contributed by atoms with Crippen LogP contribution in [0.15, 0.2) is 22.7 Å². The van der Waals surface area contributed by atoms with Gasteiger partial charge in [-0.3, -0.25) is 9.69 Å². The Bertz CT molecular complexity index is 480. The number of carbonyl (C=O) groups excluding carboxylic acids is 1. The number of carbonyl (C=O) groups is 1. The fourth-order valence-corrected chi connectivity index (χ4v) is 2.86. The van der Waals surface area contributed by atoms with E-state index in [0.29, 0.717) is 23.3 Å². The molecule has 2 unspecified atom stereocenters. The Balaban J connectivity index is 2.22. The highest BCUT2D eigenvalue weighted by atomic mass is 79.9. The Morgan fingerprint density at radius 2 is 1.89 bits per heavy atom. The van der Waals surface area contributed by atoms with Gasteiger partial charge in [0.25, 0.3) is 5.91 Å². The quantitative estimate of drug-likeness (QED) is 0.805. The number of hydrogen-bond acceptors (Lipinski definition) is 3. The van der Waals surface area contributed by atoms with E-state index in [9.17, 15) is 4.79 Å². The summed E-state index contributed by atoms with van der Waals surface area (Å²) in [4.78, 5) is 16.8. The fraction of sp³-hybridized carbons (Fsp3) is 0.500. The minimum Gasteiger partial charge on any atom is -0.399 e. The Hall–Kier alpha value is -1.07. The highest BCUT2D eigenvalue weighted by molar-refractivity contribution is 9.10. The zero-order valence-electron chi connectivity index (χ0n) is 11.6. The number of hydrogen-bond donors (Lipinski definition) is 1. The summed E-state index contributed by atoms with van der Waals surface area (Å²) < 4.78 is 0.797. The van der Waals surface area contributed by atoms with Gasteiger partial charge in [0.05, 0.1) is 5.56 Å². The van der Waals surface area contributed by atoms with Crippen LogP contribution < -0.4 is 5.73 Å². The highest BCUT2D eigenvalue weighted by Crippen LogP contribution is 2.23. The third-order valence-corrected chi connectivity index (χ3v) is 4.56. The van der Waals surface area contributed by atoms with Crippen molar-refractivity contribution in [3.8, 4) is 0 Å². The molecule has 1 aromatic carbocycles. The molecule has 1 heterocycles. The van der Waals surface area contributed by atoms with Gasteiger partial charge in [0, 0.05) is 35.3 Å². The third-order valence-electron chi connectivity index (χ3n) is 3.87. The number of halogens is 1. The van der Waals surface area contributed by atoms with Crippen molar-refractivity contribution in [2.24, 2.45) is 0 Å². The average molecular weight is 326 g/mol. The van der Waals surface area contributed by atoms with Crippen LogP contribution in [0.2, 0.25) is 0 Å². The van der Waals surface area contributed by atoms with Gasteiger partial charge in [0.1, 0.15) is 0 Å². The second-order valence-electron chi connectivity index (χ2n) is 5.31. The molecular weight excluding hydrogens is 306 g/mol. The number of nitrogens with zero attached hydrogens (tertiary/aromatic N) is 2. The smallest absolute Gasteiger partial charge is 0.255 e. The van der Waals surface area contributed by atoms with Crippen LogP contribution in [0.25, 0.3) is 0 Å². The Morgan fingerprint density at radius 1 is 1.32 bits per heavy atom. The van der Waals surface area contributed by atoms with Gasteiger partial charge in [0.15, 0.2) is 0 Å². The molecule has 1 aromatic rings. The molecule has 19 heavy (non-hydrogen) atoms. The third kappa shape index (κ3) is 2.92. The second kappa shape index (κ2) is 5.51. The molecule has 2 N–H and O–H groups in total. The van der Waals surface area contributed by atoms with Crippen molar-refractivity contribution in [1.29, 1.82) is 0 Å². The van der Waals surface area contributed by atoms with Crippen LogP contribution in [0.3, 0.4) is 0 Å². The van der Waals surface area contributed by atoms with Crippen LogP contribution in [0.4, 0.5) is 5.69 Å². The average Bonchev–Trinajstić information content (AvgIpc) is 2.37. The zero-order chi connectivity index (χ0) is 14.2. The molecule has 0 aromatic heterocycles. The van der Waals surface area contributed by atoms with Gasteiger partial charge in [-0.15, -0.1) is 0 Å². The summed E-state index contributed by atoms with van der Waals surface area (Å²) in [6, 6.07) is 6.09. The molecule has 104 valence electrons. The summed E-state index contributed by atoms with van der Waals surface area (Å²) in [6.45, 7) is 5.79. The van der Waals surface area contributed by atoms with E-state index in [0.717, 1.165) is 17.6 Å². The number of amides is 1. The molecule has 0 saturated carbocycles. The van der Waals surface area contributed by atoms with Crippen LogP contribution in [-0.2, 0) is 0 Å². The molecule has 1 aliphatic heterocycles. The molecule has 4 nitrogen and oxygen atoms in total. The lowest BCUT2D eigenvalue weighted by atomic mass is 10.1. The van der Waals surface area contributed by atoms with E-state index in [1.54, 1.807) is 12.1 Å². The summed E-state index contributed by atoms with van der Waals surface area (Å²) in [5.74, 6) is 0.0472. The van der Waals surface area contributed by atoms with Crippen molar-refractivity contribution in [3.05, 3.63) is 28.2 Å². The minimum atomic E-state index is 0.0472. The fourth-order valence-electron chi connectivity index (χ4n) is 2.45. The summed E-state index contributed by atoms with van der Waals surface area (Å²) in [5.41, 5.74) is 7.03. The molecule has 5 heteroatoms. The van der Waals surface area contributed by atoms with Gasteiger partial charge in [-0.2, -0.15) is 0 Å². The normalized spacial score (nSPS) is 24.5. The first kappa shape index (κ1) is 14.3. The van der Waals surface area contributed by atoms with Crippen molar-refractivity contribution in [1.82, 2.24) is 9.80 Å². The van der Waals surface area contributed by atoms with E-state index in [4.69, 9.17) is 5.73 Å². The molecule has 2 atom stereocenters. The Morgan fingerprint density at radius 3 is 2.47 bits per heavy atom. The lowest BCUT2D eigenvalue weighted by molar-refractivity contribution is 0.0413. The summed E-state index contributed by atoms with van der Waals surface area (Å²) in [6.07, 6.45) is 0. The van der Waals surface area contributed by atoms with Crippen LogP contribution in [-0.4, -0.2) is 47.9 Å². The molecule has 1 aliphatic rings. The lowest BCUT2D eigenvalue weighted by Gasteiger charge is -2.42. The van der Waals surface area contributed by atoms with Gasteiger partial charge in [-0.25, -0.2) is 0 Å². The van der Waals surface area contributed by atoms with Gasteiger partial charge < -0.3 is 10.6 Å². The highest BCUT2D eigenvalue weighted by Gasteiger charge is 2.30. The lowest BCUT2D eigenvalue weighted by Crippen LogP contribution is -2.56. The van der Waals surface area contributed by atoms with Gasteiger partial charge in [-0.05, 0) is 55.0 Å². The molecule has 2 rings (SSSR count). The maximum atomic E-state index is 12.6. The maximum Gasteiger partial charge on any atom is 0.255 e. The number of nitrogen functional groups attached to an aromatic ring is 1. The van der Waals surface area contributed by atoms with Crippen molar-refractivity contribution in [2.45, 2.75) is 25.9 Å². The van der Waals surface area contributed by atoms with Crippen LogP contribution in [0.1, 0.15) is 24.2 Å². The van der Waals surface area contributed by atoms with E-state index < -0.39 is 0 Å². The van der Waals surface area contributed by atoms with Crippen LogP contribution in [0, 0.1) is 0 Å². The monoisotopic (exact) mass is 325 g/mol. The van der Waals surface area contributed by atoms with E-state index in [1.807, 2.05) is 11.0 Å². The number of likely N-dealkylation sites (N-methyl/N-ethyl adjacent to an activating group) is 1. The standard InChI is InChI=1S/C14H20BrN3O/c1-9-7-18(8-10(2)17(9)3)14(19)12-6-11(16)4-5-13(12)15/h4-6,9-10H,7-8,16H2,1-3H3. The zero-order valence-corrected chi connectivity index (χ0v) is 13.1. The minimum absolute atomic E-state index is 0.0472. The SMILES string of the molecule is CC1CN(C(=O)c2cc(N)ccc2Br)CC(C)N1C. The predicted octanol–water partition coefficient (Wildman–Crippen LogP) is 2.20. The molecule has 1 saturated heterocycles. The van der Waals surface area contributed by atoms with Crippen molar-refractivity contribution in [3.63, 3.8) is 0 Å². The number of rotatable bonds is 1. The first-order valence-corrected chi connectivity index (χ1v) is 7.25. The van der Waals surface area contributed by atoms with Gasteiger partial charge in [-0.1, -0.05) is 0 Å². The van der Waals surface area contributed by atoms with E-state index in [-0.39, 0.29) is 5.91 Å². The summed E-state index contributed by atoms with van der Waals surface area (Å²) in [7, 11) is 2.10. The number of nitrogens with two attached hydrogens (primary N) is 1. The summed E-state index contributed by atoms with van der Waals surface area (Å²) >= 11 is 3.43. The molecule has 0 spiro atoms. The number of anilines is 1. The summed E-state index contributed by atoms with van der Waals surface area (Å²) in [5, 5.41) is 0. The molecule has 1 fully saturated rings. The van der Waals surface area contributed by atoms with E-state index >= 15 is 0 Å². The molecular formula is C14H20BrN3O. The largest absolute Gasteiger partial charge is 0.399 e. The Kier molecular flexibility index (Phi) is 4.16. The van der Waals surface area contributed by atoms with E-state index in [1.165, 1.54) is 0 Å². The molecule has 0 bridgehead atoms.